The number of aliphatic imine (C=N–C) groups is 1. The maximum Gasteiger partial charge on any atom is 0.677 e. The lowest BCUT2D eigenvalue weighted by atomic mass is 9.99. The highest BCUT2D eigenvalue weighted by atomic mass is 19.2. The summed E-state index contributed by atoms with van der Waals surface area (Å²) in [4.78, 5) is 29.9. The molecule has 7 N–H and O–H groups in total. The molecule has 7 atom stereocenters. The number of allylic oxidation sites excluding steroid dienone is 2. The number of ether oxygens (including phenoxy) is 2. The van der Waals surface area contributed by atoms with Crippen LogP contribution in [0.3, 0.4) is 0 Å². The first kappa shape index (κ1) is 56.3. The van der Waals surface area contributed by atoms with Crippen LogP contribution < -0.4 is 10.6 Å². The summed E-state index contributed by atoms with van der Waals surface area (Å²) in [5.41, 5.74) is 3.18. The molecule has 0 aromatic carbocycles. The van der Waals surface area contributed by atoms with Gasteiger partial charge in [-0.3, -0.25) is 23.2 Å². The van der Waals surface area contributed by atoms with E-state index in [-0.39, 0.29) is 37.7 Å². The van der Waals surface area contributed by atoms with Gasteiger partial charge in [-0.05, 0) is 69.4 Å². The van der Waals surface area contributed by atoms with Crippen molar-refractivity contribution in [1.29, 1.82) is 0 Å². The van der Waals surface area contributed by atoms with Gasteiger partial charge in [0.15, 0.2) is 6.29 Å². The summed E-state index contributed by atoms with van der Waals surface area (Å²) in [6, 6.07) is 2.50. The molecule has 65 heavy (non-hydrogen) atoms. The Bertz CT molecular complexity index is 1590. The van der Waals surface area contributed by atoms with Gasteiger partial charge in [0.2, 0.25) is 11.8 Å². The van der Waals surface area contributed by atoms with E-state index in [4.69, 9.17) is 9.47 Å². The number of aliphatic hydroxyl groups excluding tert-OH is 5. The summed E-state index contributed by atoms with van der Waals surface area (Å²) in [7, 11) is -2.73. The fourth-order valence-electron chi connectivity index (χ4n) is 8.58. The second-order valence-electron chi connectivity index (χ2n) is 18.2. The number of rotatable bonds is 36. The zero-order valence-electron chi connectivity index (χ0n) is 39.7. The SMILES string of the molecule is CCCCCCCCCCCCCCC[C@@H](O)[C@H](CO[C@H]1O[C@H](CO)[C@H](O)[C@H](O)[C@H]1O)NC(=O)CCCCCCCCCCNC(=O)CCc1ccc(/C=C2\N=C(C)C=C2C)n1B(F)F. The molecule has 0 radical (unpaired) electrons. The second-order valence-corrected chi connectivity index (χ2v) is 18.2. The topological polar surface area (TPSA) is 195 Å². The maximum atomic E-state index is 14.0. The molecule has 3 rings (SSSR count). The number of hydrogen-bond donors (Lipinski definition) is 7. The van der Waals surface area contributed by atoms with Crippen LogP contribution in [-0.2, 0) is 25.5 Å². The Balaban J connectivity index is 1.28. The number of aliphatic hydroxyl groups is 5. The van der Waals surface area contributed by atoms with Crippen molar-refractivity contribution in [3.63, 3.8) is 0 Å². The fraction of sp³-hybridized carbons (Fsp3) is 0.776. The molecular weight excluding hydrogens is 837 g/mol. The molecule has 2 amide bonds. The van der Waals surface area contributed by atoms with E-state index in [1.54, 1.807) is 18.2 Å². The lowest BCUT2D eigenvalue weighted by molar-refractivity contribution is -0.302. The van der Waals surface area contributed by atoms with Crippen LogP contribution in [0, 0.1) is 0 Å². The first-order chi connectivity index (χ1) is 31.4. The molecule has 2 aliphatic heterocycles. The molecule has 0 spiro atoms. The Morgan fingerprint density at radius 1 is 0.815 bits per heavy atom. The van der Waals surface area contributed by atoms with Crippen LogP contribution in [-0.4, -0.2) is 118 Å². The molecule has 1 aromatic heterocycles. The summed E-state index contributed by atoms with van der Waals surface area (Å²) < 4.78 is 40.1. The lowest BCUT2D eigenvalue weighted by Gasteiger charge is -2.40. The molecule has 13 nitrogen and oxygen atoms in total. The summed E-state index contributed by atoms with van der Waals surface area (Å²) in [6.45, 7) is 5.75. The summed E-state index contributed by atoms with van der Waals surface area (Å²) in [6.07, 6.45) is 19.6. The first-order valence-corrected chi connectivity index (χ1v) is 25.0. The Hall–Kier alpha value is -2.99. The van der Waals surface area contributed by atoms with Gasteiger partial charge in [-0.1, -0.05) is 129 Å². The van der Waals surface area contributed by atoms with Crippen LogP contribution in [0.1, 0.15) is 186 Å². The lowest BCUT2D eigenvalue weighted by Crippen LogP contribution is -2.60. The molecule has 1 fully saturated rings. The molecule has 1 saturated heterocycles. The zero-order valence-corrected chi connectivity index (χ0v) is 39.7. The number of nitrogens with one attached hydrogen (secondary N) is 2. The standard InChI is InChI=1S/C49H83BF2N4O9/c1-4-5-6-7-8-9-10-11-12-13-16-19-22-25-42(58)41(35-64-49-48(63)47(62)46(61)43(34-57)65-49)55-45(60)26-23-20-17-14-15-18-21-24-31-53-44(59)30-29-38-27-28-39(56(38)50(51)52)33-40-36(2)32-37(3)54-40/h27-28,32-33,41-43,46-49,57-58,61-63H,4-26,29-31,34-35H2,1-3H3,(H,53,59)(H,55,60)/b40-33-/t41-,42+,43+,46-,47-,48+,49-/m0/s1. The third-order valence-corrected chi connectivity index (χ3v) is 12.6. The van der Waals surface area contributed by atoms with Crippen molar-refractivity contribution in [1.82, 2.24) is 15.1 Å². The highest BCUT2D eigenvalue weighted by Gasteiger charge is 2.44. The van der Waals surface area contributed by atoms with E-state index in [1.165, 1.54) is 57.8 Å². The zero-order chi connectivity index (χ0) is 47.4. The van der Waals surface area contributed by atoms with Crippen LogP contribution in [0.25, 0.3) is 6.08 Å². The van der Waals surface area contributed by atoms with Gasteiger partial charge < -0.3 is 50.1 Å². The second kappa shape index (κ2) is 32.7. The van der Waals surface area contributed by atoms with Crippen molar-refractivity contribution in [3.8, 4) is 0 Å². The van der Waals surface area contributed by atoms with E-state index in [2.05, 4.69) is 22.5 Å². The average Bonchev–Trinajstić information content (AvgIpc) is 3.84. The van der Waals surface area contributed by atoms with Gasteiger partial charge in [0.1, 0.15) is 24.4 Å². The van der Waals surface area contributed by atoms with Crippen molar-refractivity contribution in [2.24, 2.45) is 4.99 Å². The van der Waals surface area contributed by atoms with E-state index in [0.29, 0.717) is 36.5 Å². The third-order valence-electron chi connectivity index (χ3n) is 12.6. The van der Waals surface area contributed by atoms with Gasteiger partial charge in [-0.2, -0.15) is 0 Å². The molecule has 2 aliphatic rings. The number of carbonyl (C=O) groups is 2. The predicted octanol–water partition coefficient (Wildman–Crippen LogP) is 7.73. The molecular formula is C49H83BF2N4O9. The van der Waals surface area contributed by atoms with Crippen LogP contribution in [0.2, 0.25) is 0 Å². The monoisotopic (exact) mass is 921 g/mol. The Morgan fingerprint density at radius 3 is 1.97 bits per heavy atom. The van der Waals surface area contributed by atoms with Gasteiger partial charge in [0, 0.05) is 36.5 Å². The van der Waals surface area contributed by atoms with E-state index in [9.17, 15) is 43.8 Å². The number of unbranched alkanes of at least 4 members (excludes halogenated alkanes) is 19. The molecule has 3 heterocycles. The molecule has 1 aromatic rings. The van der Waals surface area contributed by atoms with Crippen molar-refractivity contribution in [3.05, 3.63) is 40.9 Å². The van der Waals surface area contributed by atoms with E-state index in [0.717, 1.165) is 86.4 Å². The minimum Gasteiger partial charge on any atom is -0.394 e. The summed E-state index contributed by atoms with van der Waals surface area (Å²) >= 11 is 0. The minimum atomic E-state index is -2.73. The fourth-order valence-corrected chi connectivity index (χ4v) is 8.58. The molecule has 370 valence electrons. The molecule has 0 unspecified atom stereocenters. The summed E-state index contributed by atoms with van der Waals surface area (Å²) in [5, 5.41) is 57.3. The third kappa shape index (κ3) is 21.7. The first-order valence-electron chi connectivity index (χ1n) is 25.0. The highest BCUT2D eigenvalue weighted by Crippen LogP contribution is 2.25. The summed E-state index contributed by atoms with van der Waals surface area (Å²) in [5.74, 6) is -0.385. The average molecular weight is 921 g/mol. The number of carbonyl (C=O) groups excluding carboxylic acids is 2. The number of hydrogen-bond acceptors (Lipinski definition) is 10. The normalized spacial score (nSPS) is 21.3. The van der Waals surface area contributed by atoms with Crippen molar-refractivity contribution >= 4 is 31.0 Å². The van der Waals surface area contributed by atoms with Gasteiger partial charge in [-0.25, -0.2) is 0 Å². The number of aryl methyl sites for hydroxylation is 1. The predicted molar refractivity (Wildman–Crippen MR) is 253 cm³/mol. The van der Waals surface area contributed by atoms with Gasteiger partial charge in [-0.15, -0.1) is 0 Å². The van der Waals surface area contributed by atoms with Crippen LogP contribution in [0.5, 0.6) is 0 Å². The molecule has 0 bridgehead atoms. The van der Waals surface area contributed by atoms with Gasteiger partial charge >= 0.3 is 7.40 Å². The van der Waals surface area contributed by atoms with Gasteiger partial charge in [0.05, 0.1) is 31.1 Å². The molecule has 16 heteroatoms. The van der Waals surface area contributed by atoms with Crippen LogP contribution in [0.4, 0.5) is 8.63 Å². The van der Waals surface area contributed by atoms with E-state index >= 15 is 0 Å². The number of nitrogens with zero attached hydrogens (tertiary/aromatic N) is 2. The Labute approximate surface area is 388 Å². The van der Waals surface area contributed by atoms with Gasteiger partial charge in [0.25, 0.3) is 0 Å². The van der Waals surface area contributed by atoms with Crippen molar-refractivity contribution < 1.29 is 53.2 Å². The largest absolute Gasteiger partial charge is 0.677 e. The molecule has 0 saturated carbocycles. The van der Waals surface area contributed by atoms with Crippen molar-refractivity contribution in [2.45, 2.75) is 224 Å². The van der Waals surface area contributed by atoms with Crippen molar-refractivity contribution in [2.75, 3.05) is 19.8 Å². The quantitative estimate of drug-likeness (QED) is 0.0261. The van der Waals surface area contributed by atoms with E-state index in [1.807, 2.05) is 19.9 Å². The van der Waals surface area contributed by atoms with Crippen LogP contribution >= 0.6 is 0 Å². The number of amides is 2. The minimum absolute atomic E-state index is 0.123. The smallest absolute Gasteiger partial charge is 0.394 e. The van der Waals surface area contributed by atoms with E-state index < -0.39 is 56.9 Å². The number of aromatic nitrogens is 1. The molecule has 0 aliphatic carbocycles. The Morgan fingerprint density at radius 2 is 1.40 bits per heavy atom. The Kier molecular flexibility index (Phi) is 28.3. The van der Waals surface area contributed by atoms with Crippen LogP contribution in [0.15, 0.2) is 34.5 Å². The number of halogens is 2. The maximum absolute atomic E-state index is 14.0. The highest BCUT2D eigenvalue weighted by molar-refractivity contribution is 6.41.